The Labute approximate surface area is 169 Å². The number of fused-ring (bicyclic) bond motifs is 3. The van der Waals surface area contributed by atoms with E-state index in [9.17, 15) is 0 Å². The van der Waals surface area contributed by atoms with Crippen LogP contribution < -0.4 is 0 Å². The van der Waals surface area contributed by atoms with Crippen LogP contribution in [0.3, 0.4) is 0 Å². The second-order valence-electron chi connectivity index (χ2n) is 9.73. The van der Waals surface area contributed by atoms with Gasteiger partial charge in [-0.15, -0.1) is 0 Å². The van der Waals surface area contributed by atoms with Crippen molar-refractivity contribution in [3.05, 3.63) is 59.7 Å². The van der Waals surface area contributed by atoms with Crippen LogP contribution in [0, 0.1) is 11.3 Å². The fourth-order valence-corrected chi connectivity index (χ4v) is 7.39. The van der Waals surface area contributed by atoms with Crippen LogP contribution in [-0.2, 0) is 0 Å². The molecule has 3 aliphatic carbocycles. The monoisotopic (exact) mass is 369 g/mol. The molecule has 1 heteroatoms. The van der Waals surface area contributed by atoms with Crippen molar-refractivity contribution < 1.29 is 0 Å². The van der Waals surface area contributed by atoms with Gasteiger partial charge in [-0.3, -0.25) is 4.99 Å². The van der Waals surface area contributed by atoms with Crippen LogP contribution in [0.2, 0.25) is 0 Å². The smallest absolute Gasteiger partial charge is 0.0638 e. The van der Waals surface area contributed by atoms with Crippen molar-refractivity contribution in [3.63, 3.8) is 0 Å². The van der Waals surface area contributed by atoms with E-state index >= 15 is 0 Å². The van der Waals surface area contributed by atoms with E-state index in [0.717, 1.165) is 12.3 Å². The molecule has 28 heavy (non-hydrogen) atoms. The van der Waals surface area contributed by atoms with Gasteiger partial charge < -0.3 is 0 Å². The Balaban J connectivity index is 1.53. The van der Waals surface area contributed by atoms with Gasteiger partial charge in [0.05, 0.1) is 6.04 Å². The van der Waals surface area contributed by atoms with Crippen LogP contribution in [0.5, 0.6) is 0 Å². The molecule has 0 bridgehead atoms. The lowest BCUT2D eigenvalue weighted by Crippen LogP contribution is -2.45. The number of rotatable bonds is 3. The molecule has 3 unspecified atom stereocenters. The molecular weight excluding hydrogens is 338 g/mol. The zero-order valence-corrected chi connectivity index (χ0v) is 16.8. The Hall–Kier alpha value is -1.89. The molecule has 6 rings (SSSR count). The number of hydrogen-bond donors (Lipinski definition) is 0. The molecule has 1 heterocycles. The summed E-state index contributed by atoms with van der Waals surface area (Å²) in [4.78, 5) is 5.22. The molecule has 1 aliphatic heterocycles. The lowest BCUT2D eigenvalue weighted by atomic mass is 9.52. The molecule has 0 spiro atoms. The normalized spacial score (nSPS) is 30.6. The molecule has 144 valence electrons. The van der Waals surface area contributed by atoms with E-state index in [0.29, 0.717) is 23.3 Å². The number of hydrogen-bond acceptors (Lipinski definition) is 1. The minimum Gasteiger partial charge on any atom is -0.293 e. The quantitative estimate of drug-likeness (QED) is 0.546. The van der Waals surface area contributed by atoms with Crippen molar-refractivity contribution in [1.29, 1.82) is 0 Å². The number of nitrogens with zero attached hydrogens (tertiary/aromatic N) is 1. The topological polar surface area (TPSA) is 12.4 Å². The summed E-state index contributed by atoms with van der Waals surface area (Å²) in [5, 5.41) is 0. The second kappa shape index (κ2) is 6.58. The first-order chi connectivity index (χ1) is 13.9. The van der Waals surface area contributed by atoms with Gasteiger partial charge in [-0.05, 0) is 78.3 Å². The molecule has 1 nitrogen and oxygen atoms in total. The third kappa shape index (κ3) is 2.34. The molecule has 2 aromatic carbocycles. The molecule has 2 fully saturated rings. The summed E-state index contributed by atoms with van der Waals surface area (Å²) in [5.74, 6) is 2.22. The summed E-state index contributed by atoms with van der Waals surface area (Å²) in [6, 6.07) is 18.8. The fraction of sp³-hybridized carbons (Fsp3) is 0.519. The second-order valence-corrected chi connectivity index (χ2v) is 9.73. The molecule has 0 radical (unpaired) electrons. The largest absolute Gasteiger partial charge is 0.293 e. The van der Waals surface area contributed by atoms with Crippen LogP contribution in [0.1, 0.15) is 80.8 Å². The first kappa shape index (κ1) is 17.0. The molecule has 3 atom stereocenters. The fourth-order valence-electron chi connectivity index (χ4n) is 7.39. The molecule has 2 saturated carbocycles. The van der Waals surface area contributed by atoms with Gasteiger partial charge in [-0.2, -0.15) is 0 Å². The standard InChI is InChI=1S/C27H31N/c1-2-9-19(10-3-1)21-13-6-14-22-24(21)23-15-7-18-28-26(23)25(22)27(16-8-17-27)20-11-4-5-12-20/h1-3,6,9-10,13-14,18,20,23,25-26H,4-5,7-8,11-12,15-17H2. The molecule has 2 aromatic rings. The van der Waals surface area contributed by atoms with E-state index in [1.165, 1.54) is 62.5 Å². The molecule has 0 amide bonds. The van der Waals surface area contributed by atoms with Crippen LogP contribution >= 0.6 is 0 Å². The molecule has 4 aliphatic rings. The van der Waals surface area contributed by atoms with Crippen molar-refractivity contribution in [1.82, 2.24) is 0 Å². The van der Waals surface area contributed by atoms with Gasteiger partial charge in [0.15, 0.2) is 0 Å². The summed E-state index contributed by atoms with van der Waals surface area (Å²) >= 11 is 0. The van der Waals surface area contributed by atoms with Crippen molar-refractivity contribution >= 4 is 6.21 Å². The Bertz CT molecular complexity index is 886. The maximum Gasteiger partial charge on any atom is 0.0638 e. The summed E-state index contributed by atoms with van der Waals surface area (Å²) in [6.07, 6.45) is 14.8. The lowest BCUT2D eigenvalue weighted by Gasteiger charge is -2.53. The van der Waals surface area contributed by atoms with E-state index < -0.39 is 0 Å². The van der Waals surface area contributed by atoms with Gasteiger partial charge in [0.1, 0.15) is 0 Å². The van der Waals surface area contributed by atoms with E-state index in [-0.39, 0.29) is 0 Å². The van der Waals surface area contributed by atoms with E-state index in [1.54, 1.807) is 11.1 Å². The van der Waals surface area contributed by atoms with Gasteiger partial charge in [-0.25, -0.2) is 0 Å². The predicted octanol–water partition coefficient (Wildman–Crippen LogP) is 7.13. The highest BCUT2D eigenvalue weighted by atomic mass is 14.9. The van der Waals surface area contributed by atoms with E-state index in [1.807, 2.05) is 0 Å². The third-order valence-corrected chi connectivity index (χ3v) is 8.64. The zero-order valence-electron chi connectivity index (χ0n) is 16.8. The first-order valence-corrected chi connectivity index (χ1v) is 11.6. The maximum atomic E-state index is 5.22. The Kier molecular flexibility index (Phi) is 4.00. The summed E-state index contributed by atoms with van der Waals surface area (Å²) < 4.78 is 0. The highest BCUT2D eigenvalue weighted by Crippen LogP contribution is 2.67. The third-order valence-electron chi connectivity index (χ3n) is 8.64. The van der Waals surface area contributed by atoms with Gasteiger partial charge >= 0.3 is 0 Å². The highest BCUT2D eigenvalue weighted by Gasteiger charge is 2.57. The van der Waals surface area contributed by atoms with Crippen molar-refractivity contribution in [2.45, 2.75) is 75.7 Å². The Morgan fingerprint density at radius 1 is 0.821 bits per heavy atom. The molecular formula is C27H31N. The van der Waals surface area contributed by atoms with Crippen LogP contribution in [0.25, 0.3) is 11.1 Å². The van der Waals surface area contributed by atoms with Crippen LogP contribution in [0.4, 0.5) is 0 Å². The van der Waals surface area contributed by atoms with Gasteiger partial charge in [0.25, 0.3) is 0 Å². The Morgan fingerprint density at radius 3 is 2.39 bits per heavy atom. The summed E-state index contributed by atoms with van der Waals surface area (Å²) in [6.45, 7) is 0. The van der Waals surface area contributed by atoms with Gasteiger partial charge in [0.2, 0.25) is 0 Å². The Morgan fingerprint density at radius 2 is 1.64 bits per heavy atom. The molecule has 0 saturated heterocycles. The van der Waals surface area contributed by atoms with E-state index in [2.05, 4.69) is 54.7 Å². The van der Waals surface area contributed by atoms with Gasteiger partial charge in [-0.1, -0.05) is 67.8 Å². The molecule has 0 N–H and O–H groups in total. The molecule has 0 aromatic heterocycles. The maximum absolute atomic E-state index is 5.22. The highest BCUT2D eigenvalue weighted by molar-refractivity contribution is 5.73. The minimum absolute atomic E-state index is 0.495. The average Bonchev–Trinajstić information content (AvgIpc) is 3.36. The summed E-state index contributed by atoms with van der Waals surface area (Å²) in [7, 11) is 0. The van der Waals surface area contributed by atoms with Crippen LogP contribution in [-0.4, -0.2) is 12.3 Å². The van der Waals surface area contributed by atoms with Crippen molar-refractivity contribution in [3.8, 4) is 11.1 Å². The van der Waals surface area contributed by atoms with E-state index in [4.69, 9.17) is 4.99 Å². The predicted molar refractivity (Wildman–Crippen MR) is 117 cm³/mol. The van der Waals surface area contributed by atoms with Crippen LogP contribution in [0.15, 0.2) is 53.5 Å². The van der Waals surface area contributed by atoms with Gasteiger partial charge in [0, 0.05) is 11.8 Å². The summed E-state index contributed by atoms with van der Waals surface area (Å²) in [5.41, 5.74) is 6.73. The minimum atomic E-state index is 0.495. The number of aliphatic imine (C=N–C) groups is 1. The zero-order chi connectivity index (χ0) is 18.6. The number of benzene rings is 2. The SMILES string of the molecule is C1=NC2C(CC1)c1c(-c3ccccc3)cccc1C2C1(C2CCCC2)CCC1. The first-order valence-electron chi connectivity index (χ1n) is 11.6. The van der Waals surface area contributed by atoms with Crippen molar-refractivity contribution in [2.24, 2.45) is 16.3 Å². The lowest BCUT2D eigenvalue weighted by molar-refractivity contribution is 0.0103. The van der Waals surface area contributed by atoms with Crippen molar-refractivity contribution in [2.75, 3.05) is 0 Å². The average molecular weight is 370 g/mol.